The van der Waals surface area contributed by atoms with Crippen molar-refractivity contribution in [2.75, 3.05) is 43.4 Å². The van der Waals surface area contributed by atoms with Crippen LogP contribution in [0.5, 0.6) is 5.75 Å². The summed E-state index contributed by atoms with van der Waals surface area (Å²) in [4.78, 5) is 14.8. The second kappa shape index (κ2) is 13.0. The molecule has 3 heterocycles. The van der Waals surface area contributed by atoms with E-state index in [1.165, 1.54) is 0 Å². The number of morpholine rings is 1. The highest BCUT2D eigenvalue weighted by molar-refractivity contribution is 5.69. The van der Waals surface area contributed by atoms with Gasteiger partial charge in [0, 0.05) is 31.9 Å². The first-order valence-electron chi connectivity index (χ1n) is 13.1. The van der Waals surface area contributed by atoms with Crippen LogP contribution in [0.2, 0.25) is 0 Å². The maximum Gasteiger partial charge on any atom is 0.270 e. The molecule has 1 unspecified atom stereocenters. The van der Waals surface area contributed by atoms with Gasteiger partial charge in [-0.2, -0.15) is 10.1 Å². The molecule has 1 atom stereocenters. The summed E-state index contributed by atoms with van der Waals surface area (Å²) in [5.74, 6) is -0.111. The molecule has 4 aromatic rings. The number of hydrogen-bond acceptors (Lipinski definition) is 10. The predicted octanol–water partition coefficient (Wildman–Crippen LogP) is 5.54. The molecule has 3 N–H and O–H groups in total. The monoisotopic (exact) mass is 542 g/mol. The predicted molar refractivity (Wildman–Crippen MR) is 152 cm³/mol. The summed E-state index contributed by atoms with van der Waals surface area (Å²) < 4.78 is 19.7. The molecule has 0 saturated carbocycles. The summed E-state index contributed by atoms with van der Waals surface area (Å²) in [6.07, 6.45) is 3.02. The minimum Gasteiger partial charge on any atom is -0.508 e. The molecule has 1 saturated heterocycles. The van der Waals surface area contributed by atoms with Gasteiger partial charge in [-0.05, 0) is 54.4 Å². The number of anilines is 3. The molecule has 0 aliphatic carbocycles. The van der Waals surface area contributed by atoms with E-state index < -0.39 is 5.82 Å². The van der Waals surface area contributed by atoms with Gasteiger partial charge in [-0.1, -0.05) is 24.3 Å². The Balaban J connectivity index is 1.11. The number of ether oxygens (including phenoxy) is 1. The number of phenols is 1. The van der Waals surface area contributed by atoms with E-state index in [1.807, 2.05) is 55.5 Å². The SMILES string of the molecule is CC1CN(CCNc2nc(N=NCc3ccc(Nc4ccc(-c5cccc(O)c5)cc4)cn3)ncc2F)CCO1. The smallest absolute Gasteiger partial charge is 0.270 e. The van der Waals surface area contributed by atoms with Crippen LogP contribution >= 0.6 is 0 Å². The van der Waals surface area contributed by atoms with E-state index in [4.69, 9.17) is 4.74 Å². The maximum absolute atomic E-state index is 14.2. The van der Waals surface area contributed by atoms with Crippen LogP contribution in [0.25, 0.3) is 11.1 Å². The number of halogens is 1. The van der Waals surface area contributed by atoms with Gasteiger partial charge in [0.25, 0.3) is 5.95 Å². The third kappa shape index (κ3) is 7.55. The van der Waals surface area contributed by atoms with Crippen molar-refractivity contribution in [2.24, 2.45) is 10.2 Å². The summed E-state index contributed by atoms with van der Waals surface area (Å²) in [7, 11) is 0. The average Bonchev–Trinajstić information content (AvgIpc) is 2.96. The van der Waals surface area contributed by atoms with Gasteiger partial charge in [0.2, 0.25) is 0 Å². The van der Waals surface area contributed by atoms with Gasteiger partial charge in [-0.15, -0.1) is 5.11 Å². The summed E-state index contributed by atoms with van der Waals surface area (Å²) >= 11 is 0. The topological polar surface area (TPSA) is 120 Å². The van der Waals surface area contributed by atoms with Crippen molar-refractivity contribution in [3.8, 4) is 16.9 Å². The molecule has 0 spiro atoms. The molecule has 40 heavy (non-hydrogen) atoms. The lowest BCUT2D eigenvalue weighted by atomic mass is 10.1. The van der Waals surface area contributed by atoms with Crippen molar-refractivity contribution in [3.05, 3.63) is 84.6 Å². The average molecular weight is 543 g/mol. The molecule has 206 valence electrons. The molecule has 1 aliphatic heterocycles. The van der Waals surface area contributed by atoms with Gasteiger partial charge < -0.3 is 20.5 Å². The number of nitrogens with zero attached hydrogens (tertiary/aromatic N) is 6. The van der Waals surface area contributed by atoms with E-state index in [2.05, 4.69) is 40.7 Å². The Morgan fingerprint density at radius 3 is 2.67 bits per heavy atom. The van der Waals surface area contributed by atoms with Crippen LogP contribution in [0.1, 0.15) is 12.6 Å². The quantitative estimate of drug-likeness (QED) is 0.223. The van der Waals surface area contributed by atoms with Crippen molar-refractivity contribution < 1.29 is 14.2 Å². The molecule has 0 radical (unpaired) electrons. The third-order valence-corrected chi connectivity index (χ3v) is 6.35. The summed E-state index contributed by atoms with van der Waals surface area (Å²) in [5.41, 5.74) is 4.42. The Bertz CT molecular complexity index is 1430. The minimum absolute atomic E-state index is 0.0799. The Hall–Kier alpha value is -4.48. The van der Waals surface area contributed by atoms with Crippen molar-refractivity contribution >= 4 is 23.1 Å². The van der Waals surface area contributed by atoms with Crippen molar-refractivity contribution in [1.29, 1.82) is 0 Å². The Morgan fingerprint density at radius 1 is 1.05 bits per heavy atom. The summed E-state index contributed by atoms with van der Waals surface area (Å²) in [5, 5.41) is 24.2. The molecule has 1 fully saturated rings. The maximum atomic E-state index is 14.2. The Kier molecular flexibility index (Phi) is 8.84. The molecule has 11 heteroatoms. The second-order valence-electron chi connectivity index (χ2n) is 9.47. The molecule has 10 nitrogen and oxygen atoms in total. The Morgan fingerprint density at radius 2 is 1.90 bits per heavy atom. The highest BCUT2D eigenvalue weighted by Gasteiger charge is 2.16. The molecule has 0 amide bonds. The molecule has 1 aliphatic rings. The molecular formula is C29H31FN8O2. The van der Waals surface area contributed by atoms with Crippen LogP contribution in [-0.4, -0.2) is 63.8 Å². The van der Waals surface area contributed by atoms with E-state index in [1.54, 1.807) is 18.3 Å². The van der Waals surface area contributed by atoms with Gasteiger partial charge in [0.1, 0.15) is 12.3 Å². The number of aromatic hydroxyl groups is 1. The van der Waals surface area contributed by atoms with Crippen molar-refractivity contribution in [3.63, 3.8) is 0 Å². The van der Waals surface area contributed by atoms with E-state index in [0.717, 1.165) is 48.3 Å². The van der Waals surface area contributed by atoms with Crippen molar-refractivity contribution in [1.82, 2.24) is 19.9 Å². The van der Waals surface area contributed by atoms with E-state index in [9.17, 15) is 9.50 Å². The number of pyridine rings is 1. The molecule has 5 rings (SSSR count). The number of phenolic OH excluding ortho intramolecular Hbond substituents is 1. The zero-order valence-corrected chi connectivity index (χ0v) is 22.2. The first-order valence-corrected chi connectivity index (χ1v) is 13.1. The van der Waals surface area contributed by atoms with Gasteiger partial charge in [-0.3, -0.25) is 9.88 Å². The standard InChI is InChI=1S/C29H31FN8O2/c1-20-19-38(13-14-40-20)12-11-31-28-27(30)18-33-29(36-28)37-34-17-24-9-10-25(16-32-24)35-23-7-5-21(6-8-23)22-3-2-4-26(39)15-22/h2-10,15-16,18,20,35,39H,11-14,17,19H2,1H3,(H,31,33,36). The van der Waals surface area contributed by atoms with Crippen LogP contribution in [0.4, 0.5) is 27.5 Å². The molecule has 2 aromatic carbocycles. The van der Waals surface area contributed by atoms with Crippen LogP contribution in [0.15, 0.2) is 83.3 Å². The van der Waals surface area contributed by atoms with Gasteiger partial charge in [0.05, 0.1) is 36.5 Å². The van der Waals surface area contributed by atoms with E-state index >= 15 is 0 Å². The zero-order valence-electron chi connectivity index (χ0n) is 22.2. The fourth-order valence-electron chi connectivity index (χ4n) is 4.32. The van der Waals surface area contributed by atoms with E-state index in [0.29, 0.717) is 18.8 Å². The lowest BCUT2D eigenvalue weighted by Gasteiger charge is -2.31. The number of rotatable bonds is 10. The van der Waals surface area contributed by atoms with E-state index in [-0.39, 0.29) is 30.2 Å². The Labute approximate surface area is 232 Å². The van der Waals surface area contributed by atoms with Crippen LogP contribution in [0.3, 0.4) is 0 Å². The zero-order chi connectivity index (χ0) is 27.7. The number of azo groups is 1. The first kappa shape index (κ1) is 27.1. The largest absolute Gasteiger partial charge is 0.508 e. The van der Waals surface area contributed by atoms with Crippen LogP contribution in [-0.2, 0) is 11.3 Å². The number of aromatic nitrogens is 3. The van der Waals surface area contributed by atoms with Crippen LogP contribution < -0.4 is 10.6 Å². The first-order chi connectivity index (χ1) is 19.5. The molecule has 2 aromatic heterocycles. The van der Waals surface area contributed by atoms with Crippen molar-refractivity contribution in [2.45, 2.75) is 19.6 Å². The minimum atomic E-state index is -0.534. The number of benzene rings is 2. The highest BCUT2D eigenvalue weighted by Crippen LogP contribution is 2.25. The third-order valence-electron chi connectivity index (χ3n) is 6.35. The number of hydrogen-bond donors (Lipinski definition) is 3. The van der Waals surface area contributed by atoms with Gasteiger partial charge >= 0.3 is 0 Å². The highest BCUT2D eigenvalue weighted by atomic mass is 19.1. The fourth-order valence-corrected chi connectivity index (χ4v) is 4.32. The number of nitrogens with one attached hydrogen (secondary N) is 2. The lowest BCUT2D eigenvalue weighted by Crippen LogP contribution is -2.43. The second-order valence-corrected chi connectivity index (χ2v) is 9.47. The normalized spacial score (nSPS) is 15.8. The fraction of sp³-hybridized carbons (Fsp3) is 0.276. The molecule has 0 bridgehead atoms. The summed E-state index contributed by atoms with van der Waals surface area (Å²) in [6, 6.07) is 18.8. The summed E-state index contributed by atoms with van der Waals surface area (Å²) in [6.45, 7) is 6.00. The lowest BCUT2D eigenvalue weighted by molar-refractivity contribution is -0.0167. The van der Waals surface area contributed by atoms with Gasteiger partial charge in [-0.25, -0.2) is 9.37 Å². The van der Waals surface area contributed by atoms with Crippen LogP contribution in [0, 0.1) is 5.82 Å². The molecular weight excluding hydrogens is 511 g/mol. The van der Waals surface area contributed by atoms with Gasteiger partial charge in [0.15, 0.2) is 11.6 Å².